The highest BCUT2D eigenvalue weighted by atomic mass is 14.7. The molecule has 0 fully saturated rings. The summed E-state index contributed by atoms with van der Waals surface area (Å²) in [5.41, 5.74) is 1.23. The number of rotatable bonds is 4. The summed E-state index contributed by atoms with van der Waals surface area (Å²) >= 11 is 0. The van der Waals surface area contributed by atoms with Crippen molar-refractivity contribution in [2.24, 2.45) is 4.99 Å². The van der Waals surface area contributed by atoms with Crippen molar-refractivity contribution in [2.45, 2.75) is 20.3 Å². The number of nitrogens with zero attached hydrogens (tertiary/aromatic N) is 1. The third-order valence-corrected chi connectivity index (χ3v) is 1.18. The minimum Gasteiger partial charge on any atom is -0.293 e. The lowest BCUT2D eigenvalue weighted by Crippen LogP contribution is -1.82. The lowest BCUT2D eigenvalue weighted by Gasteiger charge is -1.91. The zero-order chi connectivity index (χ0) is 7.82. The number of allylic oxidation sites excluding steroid dienone is 3. The Morgan fingerprint density at radius 1 is 1.50 bits per heavy atom. The second-order valence-electron chi connectivity index (χ2n) is 1.96. The van der Waals surface area contributed by atoms with Gasteiger partial charge in [-0.3, -0.25) is 4.99 Å². The monoisotopic (exact) mass is 137 g/mol. The Balaban J connectivity index is 3.94. The first kappa shape index (κ1) is 9.15. The molecule has 10 heavy (non-hydrogen) atoms. The highest BCUT2D eigenvalue weighted by molar-refractivity contribution is 5.78. The fourth-order valence-corrected chi connectivity index (χ4v) is 0.612. The molecule has 0 N–H and O–H groups in total. The molecule has 1 heteroatoms. The first-order valence-electron chi connectivity index (χ1n) is 3.66. The van der Waals surface area contributed by atoms with Crippen LogP contribution in [0.15, 0.2) is 29.3 Å². The molecule has 0 radical (unpaired) electrons. The fraction of sp³-hybridized carbons (Fsp3) is 0.444. The van der Waals surface area contributed by atoms with E-state index in [0.717, 1.165) is 13.0 Å². The average molecular weight is 137 g/mol. The number of hydrogen-bond acceptors (Lipinski definition) is 1. The minimum atomic E-state index is 0.856. The lowest BCUT2D eigenvalue weighted by molar-refractivity contribution is 1.12. The van der Waals surface area contributed by atoms with Crippen molar-refractivity contribution in [3.63, 3.8) is 0 Å². The van der Waals surface area contributed by atoms with Gasteiger partial charge in [0.25, 0.3) is 0 Å². The van der Waals surface area contributed by atoms with Gasteiger partial charge in [0, 0.05) is 12.8 Å². The Bertz CT molecular complexity index is 143. The molecule has 0 aromatic rings. The van der Waals surface area contributed by atoms with Gasteiger partial charge in [-0.1, -0.05) is 25.7 Å². The van der Waals surface area contributed by atoms with E-state index in [1.807, 2.05) is 19.2 Å². The van der Waals surface area contributed by atoms with Crippen LogP contribution in [0.2, 0.25) is 0 Å². The predicted octanol–water partition coefficient (Wildman–Crippen LogP) is 2.60. The van der Waals surface area contributed by atoms with E-state index < -0.39 is 0 Å². The SMILES string of the molecule is C=C/C=C(/C=NCC)CC. The third kappa shape index (κ3) is 4.07. The van der Waals surface area contributed by atoms with Crippen molar-refractivity contribution in [1.82, 2.24) is 0 Å². The van der Waals surface area contributed by atoms with Gasteiger partial charge in [0.15, 0.2) is 0 Å². The van der Waals surface area contributed by atoms with Crippen LogP contribution in [-0.4, -0.2) is 12.8 Å². The van der Waals surface area contributed by atoms with Gasteiger partial charge in [-0.25, -0.2) is 0 Å². The highest BCUT2D eigenvalue weighted by Crippen LogP contribution is 1.96. The maximum Gasteiger partial charge on any atom is 0.0361 e. The first-order chi connectivity index (χ1) is 4.85. The normalized spacial score (nSPS) is 12.4. The summed E-state index contributed by atoms with van der Waals surface area (Å²) in [5.74, 6) is 0. The van der Waals surface area contributed by atoms with E-state index in [-0.39, 0.29) is 0 Å². The molecule has 0 aromatic carbocycles. The Hall–Kier alpha value is -0.850. The molecule has 0 aliphatic rings. The first-order valence-corrected chi connectivity index (χ1v) is 3.66. The molecule has 0 heterocycles. The van der Waals surface area contributed by atoms with Crippen LogP contribution >= 0.6 is 0 Å². The van der Waals surface area contributed by atoms with Crippen LogP contribution in [0.3, 0.4) is 0 Å². The molecule has 0 amide bonds. The molecular formula is C9H15N. The second-order valence-corrected chi connectivity index (χ2v) is 1.96. The van der Waals surface area contributed by atoms with Gasteiger partial charge in [-0.15, -0.1) is 0 Å². The van der Waals surface area contributed by atoms with E-state index >= 15 is 0 Å². The van der Waals surface area contributed by atoms with E-state index in [9.17, 15) is 0 Å². The molecule has 0 bridgehead atoms. The van der Waals surface area contributed by atoms with Gasteiger partial charge >= 0.3 is 0 Å². The van der Waals surface area contributed by atoms with Gasteiger partial charge in [-0.2, -0.15) is 0 Å². The zero-order valence-electron chi connectivity index (χ0n) is 6.80. The van der Waals surface area contributed by atoms with Gasteiger partial charge in [0.1, 0.15) is 0 Å². The maximum atomic E-state index is 4.12. The number of hydrogen-bond donors (Lipinski definition) is 0. The Kier molecular flexibility index (Phi) is 5.74. The smallest absolute Gasteiger partial charge is 0.0361 e. The Labute approximate surface area is 63.2 Å². The van der Waals surface area contributed by atoms with Crippen LogP contribution in [0.4, 0.5) is 0 Å². The second kappa shape index (κ2) is 6.27. The van der Waals surface area contributed by atoms with Crippen LogP contribution in [0, 0.1) is 0 Å². The van der Waals surface area contributed by atoms with E-state index in [1.165, 1.54) is 5.57 Å². The van der Waals surface area contributed by atoms with Crippen molar-refractivity contribution < 1.29 is 0 Å². The zero-order valence-corrected chi connectivity index (χ0v) is 6.80. The van der Waals surface area contributed by atoms with E-state index in [2.05, 4.69) is 18.5 Å². The third-order valence-electron chi connectivity index (χ3n) is 1.18. The number of aliphatic imine (C=N–C) groups is 1. The quantitative estimate of drug-likeness (QED) is 0.417. The van der Waals surface area contributed by atoms with Crippen LogP contribution in [0.25, 0.3) is 0 Å². The molecule has 0 aliphatic carbocycles. The molecule has 0 unspecified atom stereocenters. The van der Waals surface area contributed by atoms with Crippen molar-refractivity contribution in [3.05, 3.63) is 24.3 Å². The maximum absolute atomic E-state index is 4.12. The molecule has 0 saturated carbocycles. The minimum absolute atomic E-state index is 0.856. The summed E-state index contributed by atoms with van der Waals surface area (Å²) in [6, 6.07) is 0. The fourth-order valence-electron chi connectivity index (χ4n) is 0.612. The summed E-state index contributed by atoms with van der Waals surface area (Å²) in [6.45, 7) is 8.61. The summed E-state index contributed by atoms with van der Waals surface area (Å²) < 4.78 is 0. The standard InChI is InChI=1S/C9H15N/c1-4-7-9(5-2)8-10-6-3/h4,7-8H,1,5-6H2,2-3H3/b9-7+,10-8?. The van der Waals surface area contributed by atoms with Gasteiger partial charge in [-0.05, 0) is 18.9 Å². The molecule has 0 saturated heterocycles. The summed E-state index contributed by atoms with van der Waals surface area (Å²) in [6.07, 6.45) is 6.71. The molecule has 0 aliphatic heterocycles. The van der Waals surface area contributed by atoms with E-state index in [4.69, 9.17) is 0 Å². The van der Waals surface area contributed by atoms with Crippen molar-refractivity contribution in [1.29, 1.82) is 0 Å². The van der Waals surface area contributed by atoms with Crippen molar-refractivity contribution >= 4 is 6.21 Å². The van der Waals surface area contributed by atoms with E-state index in [1.54, 1.807) is 6.08 Å². The summed E-state index contributed by atoms with van der Waals surface area (Å²) in [4.78, 5) is 4.12. The Morgan fingerprint density at radius 3 is 2.60 bits per heavy atom. The molecule has 56 valence electrons. The van der Waals surface area contributed by atoms with Crippen LogP contribution < -0.4 is 0 Å². The van der Waals surface area contributed by atoms with Crippen LogP contribution in [-0.2, 0) is 0 Å². The van der Waals surface area contributed by atoms with Gasteiger partial charge in [0.2, 0.25) is 0 Å². The van der Waals surface area contributed by atoms with Crippen LogP contribution in [0.5, 0.6) is 0 Å². The Morgan fingerprint density at radius 2 is 2.20 bits per heavy atom. The molecule has 0 spiro atoms. The average Bonchev–Trinajstić information content (AvgIpc) is 1.98. The molecule has 0 aromatic heterocycles. The molecule has 1 nitrogen and oxygen atoms in total. The topological polar surface area (TPSA) is 12.4 Å². The van der Waals surface area contributed by atoms with Crippen LogP contribution in [0.1, 0.15) is 20.3 Å². The van der Waals surface area contributed by atoms with Crippen molar-refractivity contribution in [2.75, 3.05) is 6.54 Å². The molecular weight excluding hydrogens is 122 g/mol. The summed E-state index contributed by atoms with van der Waals surface area (Å²) in [5, 5.41) is 0. The lowest BCUT2D eigenvalue weighted by atomic mass is 10.2. The van der Waals surface area contributed by atoms with E-state index in [0.29, 0.717) is 0 Å². The molecule has 0 atom stereocenters. The summed E-state index contributed by atoms with van der Waals surface area (Å²) in [7, 11) is 0. The van der Waals surface area contributed by atoms with Gasteiger partial charge in [0.05, 0.1) is 0 Å². The largest absolute Gasteiger partial charge is 0.293 e. The van der Waals surface area contributed by atoms with Gasteiger partial charge < -0.3 is 0 Å². The van der Waals surface area contributed by atoms with Crippen molar-refractivity contribution in [3.8, 4) is 0 Å². The molecule has 0 rings (SSSR count). The highest BCUT2D eigenvalue weighted by Gasteiger charge is 1.83. The predicted molar refractivity (Wildman–Crippen MR) is 47.6 cm³/mol.